The fourth-order valence-electron chi connectivity index (χ4n) is 9.09. The van der Waals surface area contributed by atoms with E-state index in [0.717, 1.165) is 71.9 Å². The Kier molecular flexibility index (Phi) is 8.42. The first-order valence-electron chi connectivity index (χ1n) is 20.9. The molecule has 0 unspecified atom stereocenters. The van der Waals surface area contributed by atoms with E-state index in [1.165, 1.54) is 21.9 Å². The number of nitrogens with zero attached hydrogens (tertiary/aromatic N) is 5. The Morgan fingerprint density at radius 1 is 0.258 bits per heavy atom. The number of hydrogen-bond acceptors (Lipinski definition) is 3. The van der Waals surface area contributed by atoms with Gasteiger partial charge in [-0.2, -0.15) is 9.97 Å². The van der Waals surface area contributed by atoms with Gasteiger partial charge in [-0.15, -0.1) is 0 Å². The highest BCUT2D eigenvalue weighted by Gasteiger charge is 2.22. The van der Waals surface area contributed by atoms with Crippen LogP contribution in [0.2, 0.25) is 0 Å². The highest BCUT2D eigenvalue weighted by atomic mass is 15.2. The van der Waals surface area contributed by atoms with Crippen molar-refractivity contribution in [3.63, 3.8) is 0 Å². The second-order valence-electron chi connectivity index (χ2n) is 15.7. The maximum atomic E-state index is 5.33. The van der Waals surface area contributed by atoms with Crippen LogP contribution in [0.25, 0.3) is 111 Å². The number of para-hydroxylation sites is 3. The molecule has 0 aliphatic rings. The quantitative estimate of drug-likeness (QED) is 0.162. The molecule has 0 saturated heterocycles. The van der Waals surface area contributed by atoms with Crippen LogP contribution in [0.5, 0.6) is 0 Å². The van der Waals surface area contributed by atoms with E-state index in [9.17, 15) is 0 Å². The number of fused-ring (bicyclic) bond motifs is 6. The molecule has 62 heavy (non-hydrogen) atoms. The molecule has 5 nitrogen and oxygen atoms in total. The Hall–Kier alpha value is -8.41. The highest BCUT2D eigenvalue weighted by Crippen LogP contribution is 2.41. The minimum Gasteiger partial charge on any atom is -0.309 e. The van der Waals surface area contributed by atoms with Crippen LogP contribution >= 0.6 is 0 Å². The Labute approximate surface area is 358 Å². The molecule has 0 saturated carbocycles. The second-order valence-corrected chi connectivity index (χ2v) is 15.7. The third kappa shape index (κ3) is 5.98. The molecule has 0 aliphatic heterocycles. The maximum absolute atomic E-state index is 5.33. The van der Waals surface area contributed by atoms with Crippen molar-refractivity contribution < 1.29 is 0 Å². The van der Waals surface area contributed by atoms with E-state index in [2.05, 4.69) is 209 Å². The molecular weight excluding hydrogens is 755 g/mol. The Morgan fingerprint density at radius 2 is 0.710 bits per heavy atom. The van der Waals surface area contributed by atoms with E-state index >= 15 is 0 Å². The minimum absolute atomic E-state index is 0.560. The highest BCUT2D eigenvalue weighted by molar-refractivity contribution is 6.19. The van der Waals surface area contributed by atoms with E-state index in [1.807, 2.05) is 24.3 Å². The van der Waals surface area contributed by atoms with Crippen molar-refractivity contribution in [1.29, 1.82) is 0 Å². The van der Waals surface area contributed by atoms with Crippen LogP contribution in [0.3, 0.4) is 0 Å². The zero-order chi connectivity index (χ0) is 41.0. The van der Waals surface area contributed by atoms with Crippen molar-refractivity contribution >= 4 is 43.6 Å². The minimum atomic E-state index is 0.560. The van der Waals surface area contributed by atoms with Gasteiger partial charge in [0.25, 0.3) is 0 Å². The van der Waals surface area contributed by atoms with Crippen molar-refractivity contribution in [3.8, 4) is 67.8 Å². The molecule has 0 aliphatic carbocycles. The Balaban J connectivity index is 1.12. The van der Waals surface area contributed by atoms with Gasteiger partial charge in [-0.1, -0.05) is 182 Å². The summed E-state index contributed by atoms with van der Waals surface area (Å²) in [6.07, 6.45) is 0. The summed E-state index contributed by atoms with van der Waals surface area (Å²) in [4.78, 5) is 15.7. The standard InChI is InChI=1S/C57H37N5/c1-4-18-38(19-5-1)41-24-16-26-43(34-41)45-28-10-13-31-50(45)61-51-32-14-11-29-46(51)48-36-49-47-30-12-15-33-52(47)62(54(49)37-53(48)61)57-59-55(40-22-8-3-9-23-40)58-56(60-57)44-27-17-25-42(35-44)39-20-6-2-7-21-39/h1-37H. The molecule has 3 aromatic heterocycles. The maximum Gasteiger partial charge on any atom is 0.238 e. The molecule has 0 amide bonds. The number of aromatic nitrogens is 5. The van der Waals surface area contributed by atoms with Crippen molar-refractivity contribution in [3.05, 3.63) is 224 Å². The lowest BCUT2D eigenvalue weighted by molar-refractivity contribution is 0.953. The number of rotatable bonds is 7. The van der Waals surface area contributed by atoms with E-state index in [-0.39, 0.29) is 0 Å². The lowest BCUT2D eigenvalue weighted by Gasteiger charge is -2.15. The lowest BCUT2D eigenvalue weighted by atomic mass is 9.98. The van der Waals surface area contributed by atoms with Gasteiger partial charge < -0.3 is 4.57 Å². The monoisotopic (exact) mass is 791 g/mol. The molecule has 12 rings (SSSR count). The van der Waals surface area contributed by atoms with E-state index in [4.69, 9.17) is 15.0 Å². The molecule has 0 N–H and O–H groups in total. The van der Waals surface area contributed by atoms with Crippen LogP contribution in [0, 0.1) is 0 Å². The fraction of sp³-hybridized carbons (Fsp3) is 0. The van der Waals surface area contributed by atoms with Crippen molar-refractivity contribution in [2.75, 3.05) is 0 Å². The summed E-state index contributed by atoms with van der Waals surface area (Å²) in [7, 11) is 0. The van der Waals surface area contributed by atoms with Gasteiger partial charge >= 0.3 is 0 Å². The van der Waals surface area contributed by atoms with Gasteiger partial charge in [-0.3, -0.25) is 4.57 Å². The molecule has 0 bridgehead atoms. The smallest absolute Gasteiger partial charge is 0.238 e. The van der Waals surface area contributed by atoms with Gasteiger partial charge in [0.15, 0.2) is 11.6 Å². The molecule has 290 valence electrons. The summed E-state index contributed by atoms with van der Waals surface area (Å²) in [6, 6.07) is 79.3. The van der Waals surface area contributed by atoms with Crippen molar-refractivity contribution in [2.45, 2.75) is 0 Å². The molecule has 3 heterocycles. The van der Waals surface area contributed by atoms with E-state index in [1.54, 1.807) is 0 Å². The van der Waals surface area contributed by atoms with Crippen LogP contribution in [0.15, 0.2) is 224 Å². The number of benzene rings is 9. The zero-order valence-electron chi connectivity index (χ0n) is 33.6. The average Bonchev–Trinajstić information content (AvgIpc) is 3.86. The molecule has 12 aromatic rings. The molecule has 9 aromatic carbocycles. The van der Waals surface area contributed by atoms with Gasteiger partial charge in [0.1, 0.15) is 0 Å². The van der Waals surface area contributed by atoms with Gasteiger partial charge in [0, 0.05) is 38.2 Å². The zero-order valence-corrected chi connectivity index (χ0v) is 33.6. The molecule has 0 atom stereocenters. The first-order valence-corrected chi connectivity index (χ1v) is 20.9. The topological polar surface area (TPSA) is 48.5 Å². The fourth-order valence-corrected chi connectivity index (χ4v) is 9.09. The van der Waals surface area contributed by atoms with Crippen LogP contribution in [0.4, 0.5) is 0 Å². The van der Waals surface area contributed by atoms with Gasteiger partial charge in [-0.25, -0.2) is 4.98 Å². The summed E-state index contributed by atoms with van der Waals surface area (Å²) in [6.45, 7) is 0. The Morgan fingerprint density at radius 3 is 1.35 bits per heavy atom. The predicted octanol–water partition coefficient (Wildman–Crippen LogP) is 14.4. The molecule has 0 radical (unpaired) electrons. The summed E-state index contributed by atoms with van der Waals surface area (Å²) in [5.74, 6) is 1.79. The molecule has 5 heteroatoms. The van der Waals surface area contributed by atoms with Gasteiger partial charge in [-0.05, 0) is 70.3 Å². The van der Waals surface area contributed by atoms with E-state index < -0.39 is 0 Å². The summed E-state index contributed by atoms with van der Waals surface area (Å²) >= 11 is 0. The summed E-state index contributed by atoms with van der Waals surface area (Å²) < 4.78 is 4.65. The number of hydrogen-bond donors (Lipinski definition) is 0. The normalized spacial score (nSPS) is 11.5. The van der Waals surface area contributed by atoms with Gasteiger partial charge in [0.05, 0.1) is 27.8 Å². The summed E-state index contributed by atoms with van der Waals surface area (Å²) in [5.41, 5.74) is 14.2. The SMILES string of the molecule is c1ccc(-c2cccc(-c3nc(-c4ccccc4)nc(-n4c5ccccc5c5cc6c7ccccc7n(-c7ccccc7-c7cccc(-c8ccccc8)c7)c6cc54)n3)c2)cc1. The van der Waals surface area contributed by atoms with Crippen molar-refractivity contribution in [2.24, 2.45) is 0 Å². The van der Waals surface area contributed by atoms with Crippen LogP contribution in [-0.4, -0.2) is 24.1 Å². The first kappa shape index (κ1) is 35.5. The third-order valence-corrected chi connectivity index (χ3v) is 12.0. The van der Waals surface area contributed by atoms with E-state index in [0.29, 0.717) is 17.6 Å². The third-order valence-electron chi connectivity index (χ3n) is 12.0. The largest absolute Gasteiger partial charge is 0.309 e. The predicted molar refractivity (Wildman–Crippen MR) is 256 cm³/mol. The van der Waals surface area contributed by atoms with Gasteiger partial charge in [0.2, 0.25) is 5.95 Å². The molecule has 0 fully saturated rings. The second kappa shape index (κ2) is 14.7. The average molecular weight is 792 g/mol. The van der Waals surface area contributed by atoms with Crippen LogP contribution in [-0.2, 0) is 0 Å². The first-order chi connectivity index (χ1) is 30.7. The molecule has 0 spiro atoms. The molecular formula is C57H37N5. The van der Waals surface area contributed by atoms with Crippen molar-refractivity contribution in [1.82, 2.24) is 24.1 Å². The summed E-state index contributed by atoms with van der Waals surface area (Å²) in [5, 5.41) is 4.65. The van der Waals surface area contributed by atoms with Crippen LogP contribution in [0.1, 0.15) is 0 Å². The Bertz CT molecular complexity index is 3620. The lowest BCUT2D eigenvalue weighted by Crippen LogP contribution is -2.06. The van der Waals surface area contributed by atoms with Crippen LogP contribution < -0.4 is 0 Å².